The van der Waals surface area contributed by atoms with Gasteiger partial charge in [0.15, 0.2) is 5.22 Å². The molecule has 0 bridgehead atoms. The van der Waals surface area contributed by atoms with Crippen molar-refractivity contribution in [1.82, 2.24) is 0 Å². The average molecular weight is 175 g/mol. The van der Waals surface area contributed by atoms with Gasteiger partial charge in [-0.05, 0) is 29.7 Å². The van der Waals surface area contributed by atoms with Gasteiger partial charge in [0.25, 0.3) is 0 Å². The Hall–Kier alpha value is -0.470. The number of rotatable bonds is 2. The van der Waals surface area contributed by atoms with Gasteiger partial charge in [-0.3, -0.25) is 0 Å². The van der Waals surface area contributed by atoms with Gasteiger partial charge in [0.2, 0.25) is 0 Å². The van der Waals surface area contributed by atoms with E-state index in [4.69, 9.17) is 16.0 Å². The Kier molecular flexibility index (Phi) is 2.58. The van der Waals surface area contributed by atoms with Crippen molar-refractivity contribution in [1.29, 1.82) is 0 Å². The fourth-order valence-corrected chi connectivity index (χ4v) is 0.968. The molecule has 0 amide bonds. The molecule has 1 heterocycles. The quantitative estimate of drug-likeness (QED) is 0.748. The standard InChI is InChI=1S/C8H11ClO2/c1-5(2)8(10)6-3-4-7(9)11-6/h3-5,8,10H,1-2H3. The monoisotopic (exact) mass is 174 g/mol. The Morgan fingerprint density at radius 3 is 2.45 bits per heavy atom. The van der Waals surface area contributed by atoms with Crippen LogP contribution in [-0.4, -0.2) is 5.11 Å². The normalized spacial score (nSPS) is 13.9. The molecule has 1 unspecified atom stereocenters. The van der Waals surface area contributed by atoms with Crippen molar-refractivity contribution < 1.29 is 9.52 Å². The predicted molar refractivity (Wildman–Crippen MR) is 43.5 cm³/mol. The first-order valence-corrected chi connectivity index (χ1v) is 3.92. The number of furan rings is 1. The number of halogens is 1. The molecule has 1 atom stereocenters. The minimum Gasteiger partial charge on any atom is -0.447 e. The van der Waals surface area contributed by atoms with Crippen molar-refractivity contribution in [2.45, 2.75) is 20.0 Å². The molecule has 1 rings (SSSR count). The Labute approximate surface area is 70.8 Å². The third-order valence-electron chi connectivity index (χ3n) is 1.52. The highest BCUT2D eigenvalue weighted by Crippen LogP contribution is 2.24. The summed E-state index contributed by atoms with van der Waals surface area (Å²) in [6, 6.07) is 3.31. The van der Waals surface area contributed by atoms with Crippen LogP contribution in [0.2, 0.25) is 5.22 Å². The van der Waals surface area contributed by atoms with Gasteiger partial charge in [0, 0.05) is 0 Å². The summed E-state index contributed by atoms with van der Waals surface area (Å²) in [7, 11) is 0. The summed E-state index contributed by atoms with van der Waals surface area (Å²) in [5.41, 5.74) is 0. The number of hydrogen-bond donors (Lipinski definition) is 1. The van der Waals surface area contributed by atoms with Crippen molar-refractivity contribution in [3.05, 3.63) is 23.1 Å². The summed E-state index contributed by atoms with van der Waals surface area (Å²) in [6.45, 7) is 3.84. The van der Waals surface area contributed by atoms with Crippen LogP contribution in [0.25, 0.3) is 0 Å². The Morgan fingerprint density at radius 1 is 1.45 bits per heavy atom. The Morgan fingerprint density at radius 2 is 2.09 bits per heavy atom. The first-order valence-electron chi connectivity index (χ1n) is 3.54. The van der Waals surface area contributed by atoms with E-state index < -0.39 is 6.10 Å². The second kappa shape index (κ2) is 3.28. The third-order valence-corrected chi connectivity index (χ3v) is 1.72. The summed E-state index contributed by atoms with van der Waals surface area (Å²) >= 11 is 5.53. The first kappa shape index (κ1) is 8.62. The highest BCUT2D eigenvalue weighted by Gasteiger charge is 2.15. The van der Waals surface area contributed by atoms with Crippen molar-refractivity contribution in [2.75, 3.05) is 0 Å². The molecule has 0 aliphatic carbocycles. The van der Waals surface area contributed by atoms with Gasteiger partial charge in [-0.15, -0.1) is 0 Å². The van der Waals surface area contributed by atoms with E-state index in [1.165, 1.54) is 0 Å². The molecule has 0 radical (unpaired) electrons. The molecule has 0 saturated heterocycles. The van der Waals surface area contributed by atoms with Crippen molar-refractivity contribution in [3.8, 4) is 0 Å². The maximum Gasteiger partial charge on any atom is 0.193 e. The van der Waals surface area contributed by atoms with Crippen LogP contribution in [0.15, 0.2) is 16.5 Å². The van der Waals surface area contributed by atoms with Crippen LogP contribution in [0.4, 0.5) is 0 Å². The second-order valence-corrected chi connectivity index (χ2v) is 3.20. The molecule has 2 nitrogen and oxygen atoms in total. The van der Waals surface area contributed by atoms with Gasteiger partial charge in [0.05, 0.1) is 0 Å². The molecule has 1 aromatic heterocycles. The van der Waals surface area contributed by atoms with E-state index in [-0.39, 0.29) is 5.92 Å². The van der Waals surface area contributed by atoms with E-state index >= 15 is 0 Å². The molecule has 1 N–H and O–H groups in total. The SMILES string of the molecule is CC(C)C(O)c1ccc(Cl)o1. The van der Waals surface area contributed by atoms with Crippen LogP contribution in [0, 0.1) is 5.92 Å². The molecule has 0 aromatic carbocycles. The molecule has 62 valence electrons. The first-order chi connectivity index (χ1) is 5.11. The molecule has 11 heavy (non-hydrogen) atoms. The van der Waals surface area contributed by atoms with Gasteiger partial charge < -0.3 is 9.52 Å². The lowest BCUT2D eigenvalue weighted by Gasteiger charge is -2.10. The maximum absolute atomic E-state index is 9.46. The molecule has 0 aliphatic rings. The number of aliphatic hydroxyl groups is 1. The molecule has 1 aromatic rings. The maximum atomic E-state index is 9.46. The fraction of sp³-hybridized carbons (Fsp3) is 0.500. The summed E-state index contributed by atoms with van der Waals surface area (Å²) in [5, 5.41) is 9.78. The van der Waals surface area contributed by atoms with Crippen LogP contribution < -0.4 is 0 Å². The van der Waals surface area contributed by atoms with E-state index in [0.29, 0.717) is 11.0 Å². The lowest BCUT2D eigenvalue weighted by Crippen LogP contribution is -2.03. The summed E-state index contributed by atoms with van der Waals surface area (Å²) < 4.78 is 5.02. The zero-order valence-electron chi connectivity index (χ0n) is 6.54. The minimum absolute atomic E-state index is 0.150. The Balaban J connectivity index is 2.76. The fourth-order valence-electron chi connectivity index (χ4n) is 0.816. The van der Waals surface area contributed by atoms with Crippen LogP contribution in [0.3, 0.4) is 0 Å². The summed E-state index contributed by atoms with van der Waals surface area (Å²) in [4.78, 5) is 0. The zero-order valence-corrected chi connectivity index (χ0v) is 7.30. The lowest BCUT2D eigenvalue weighted by molar-refractivity contribution is 0.103. The van der Waals surface area contributed by atoms with E-state index in [0.717, 1.165) is 0 Å². The minimum atomic E-state index is -0.553. The molecular weight excluding hydrogens is 164 g/mol. The third kappa shape index (κ3) is 1.98. The highest BCUT2D eigenvalue weighted by molar-refractivity contribution is 6.28. The van der Waals surface area contributed by atoms with Gasteiger partial charge >= 0.3 is 0 Å². The van der Waals surface area contributed by atoms with E-state index in [2.05, 4.69) is 0 Å². The summed E-state index contributed by atoms with van der Waals surface area (Å²) in [6.07, 6.45) is -0.553. The second-order valence-electron chi connectivity index (χ2n) is 2.83. The van der Waals surface area contributed by atoms with Gasteiger partial charge in [-0.25, -0.2) is 0 Å². The highest BCUT2D eigenvalue weighted by atomic mass is 35.5. The van der Waals surface area contributed by atoms with Gasteiger partial charge in [-0.1, -0.05) is 13.8 Å². The van der Waals surface area contributed by atoms with Crippen LogP contribution in [-0.2, 0) is 0 Å². The van der Waals surface area contributed by atoms with Gasteiger partial charge in [0.1, 0.15) is 11.9 Å². The number of hydrogen-bond acceptors (Lipinski definition) is 2. The van der Waals surface area contributed by atoms with Crippen molar-refractivity contribution in [3.63, 3.8) is 0 Å². The summed E-state index contributed by atoms with van der Waals surface area (Å²) in [5.74, 6) is 0.683. The number of aliphatic hydroxyl groups excluding tert-OH is 1. The smallest absolute Gasteiger partial charge is 0.193 e. The topological polar surface area (TPSA) is 33.4 Å². The van der Waals surface area contributed by atoms with Crippen molar-refractivity contribution >= 4 is 11.6 Å². The molecule has 0 spiro atoms. The van der Waals surface area contributed by atoms with E-state index in [9.17, 15) is 5.11 Å². The van der Waals surface area contributed by atoms with Gasteiger partial charge in [-0.2, -0.15) is 0 Å². The molecule has 3 heteroatoms. The molecule has 0 fully saturated rings. The van der Waals surface area contributed by atoms with E-state index in [1.54, 1.807) is 12.1 Å². The molecular formula is C8H11ClO2. The largest absolute Gasteiger partial charge is 0.447 e. The van der Waals surface area contributed by atoms with Crippen LogP contribution in [0.1, 0.15) is 25.7 Å². The van der Waals surface area contributed by atoms with E-state index in [1.807, 2.05) is 13.8 Å². The van der Waals surface area contributed by atoms with Crippen LogP contribution in [0.5, 0.6) is 0 Å². The average Bonchev–Trinajstić information content (AvgIpc) is 2.34. The predicted octanol–water partition coefficient (Wildman–Crippen LogP) is 2.62. The van der Waals surface area contributed by atoms with Crippen molar-refractivity contribution in [2.24, 2.45) is 5.92 Å². The lowest BCUT2D eigenvalue weighted by atomic mass is 10.1. The molecule has 0 aliphatic heterocycles. The zero-order chi connectivity index (χ0) is 8.43. The molecule has 0 saturated carbocycles. The Bertz CT molecular complexity index is 230. The van der Waals surface area contributed by atoms with Crippen LogP contribution >= 0.6 is 11.6 Å².